The largest absolute Gasteiger partial charge is 0.426 e. The third kappa shape index (κ3) is 13.4. The number of ketones is 1. The Bertz CT molecular complexity index is 2140. The van der Waals surface area contributed by atoms with Crippen molar-refractivity contribution in [3.8, 4) is 11.5 Å². The molecule has 13 heteroatoms. The van der Waals surface area contributed by atoms with E-state index in [0.717, 1.165) is 49.2 Å². The molecule has 0 aromatic heterocycles. The van der Waals surface area contributed by atoms with Gasteiger partial charge in [-0.3, -0.25) is 34.1 Å². The summed E-state index contributed by atoms with van der Waals surface area (Å²) in [6.07, 6.45) is 7.78. The maximum absolute atomic E-state index is 12.0. The van der Waals surface area contributed by atoms with Crippen LogP contribution in [0.4, 0.5) is 4.79 Å². The molecule has 1 N–H and O–H groups in total. The Hall–Kier alpha value is -4.94. The van der Waals surface area contributed by atoms with E-state index >= 15 is 0 Å². The van der Waals surface area contributed by atoms with Crippen molar-refractivity contribution < 1.29 is 38.2 Å². The van der Waals surface area contributed by atoms with Crippen LogP contribution in [0.5, 0.6) is 11.5 Å². The Labute approximate surface area is 336 Å². The van der Waals surface area contributed by atoms with E-state index in [1.54, 1.807) is 36.4 Å². The van der Waals surface area contributed by atoms with Gasteiger partial charge in [0.25, 0.3) is 11.1 Å². The first kappa shape index (κ1) is 41.2. The Kier molecular flexibility index (Phi) is 15.5. The van der Waals surface area contributed by atoms with Crippen molar-refractivity contribution in [1.29, 1.82) is 0 Å². The fourth-order valence-corrected chi connectivity index (χ4v) is 7.26. The highest BCUT2D eigenvalue weighted by Crippen LogP contribution is 2.33. The fraction of sp³-hybridized carbons (Fsp3) is 0.190. The summed E-state index contributed by atoms with van der Waals surface area (Å²) < 4.78 is 10.7. The van der Waals surface area contributed by atoms with Gasteiger partial charge >= 0.3 is 11.9 Å². The molecule has 2 heterocycles. The van der Waals surface area contributed by atoms with E-state index in [0.29, 0.717) is 56.8 Å². The number of aryl methyl sites for hydroxylation is 2. The van der Waals surface area contributed by atoms with E-state index in [4.69, 9.17) is 32.7 Å². The number of thioether (sulfide) groups is 2. The molecule has 0 radical (unpaired) electrons. The molecule has 282 valence electrons. The number of hydrogen-bond donors (Lipinski definition) is 1. The van der Waals surface area contributed by atoms with Crippen LogP contribution in [0, 0.1) is 0 Å². The van der Waals surface area contributed by atoms with E-state index in [9.17, 15) is 28.8 Å². The summed E-state index contributed by atoms with van der Waals surface area (Å²) in [7, 11) is 0. The number of rotatable bonds is 13. The van der Waals surface area contributed by atoms with E-state index in [1.165, 1.54) is 23.3 Å². The van der Waals surface area contributed by atoms with Crippen LogP contribution >= 0.6 is 46.7 Å². The summed E-state index contributed by atoms with van der Waals surface area (Å²) in [4.78, 5) is 70.4. The number of hydrogen-bond acceptors (Lipinski definition) is 10. The van der Waals surface area contributed by atoms with Crippen molar-refractivity contribution in [1.82, 2.24) is 5.32 Å². The first-order valence-electron chi connectivity index (χ1n) is 17.3. The second kappa shape index (κ2) is 20.7. The first-order valence-corrected chi connectivity index (χ1v) is 19.7. The average molecular weight is 817 g/mol. The number of allylic oxidation sites excluding steroid dienone is 1. The van der Waals surface area contributed by atoms with Gasteiger partial charge in [-0.25, -0.2) is 0 Å². The molecule has 9 nitrogen and oxygen atoms in total. The third-order valence-electron chi connectivity index (χ3n) is 8.05. The smallest absolute Gasteiger partial charge is 0.311 e. The number of unbranched alkanes of at least 4 members (excludes halogenated alkanes) is 1. The molecule has 2 amide bonds. The number of Topliss-reactive ketones (excluding diaryl/α,β-unsaturated/α-hetero) is 1. The highest BCUT2D eigenvalue weighted by atomic mass is 35.5. The average Bonchev–Trinajstić information content (AvgIpc) is 3.66. The van der Waals surface area contributed by atoms with Gasteiger partial charge in [-0.05, 0) is 114 Å². The Balaban J connectivity index is 0.000000211. The number of nitrogens with one attached hydrogen (secondary N) is 1. The van der Waals surface area contributed by atoms with Crippen LogP contribution in [0.1, 0.15) is 60.8 Å². The maximum Gasteiger partial charge on any atom is 0.311 e. The molecule has 6 rings (SSSR count). The number of amides is 2. The first-order chi connectivity index (χ1) is 26.5. The minimum absolute atomic E-state index is 0.0753. The Morgan fingerprint density at radius 3 is 1.62 bits per heavy atom. The number of carbonyl (C=O) groups is 6. The van der Waals surface area contributed by atoms with Crippen LogP contribution in [0.3, 0.4) is 0 Å². The van der Waals surface area contributed by atoms with Crippen molar-refractivity contribution in [2.45, 2.75) is 51.4 Å². The molecule has 55 heavy (non-hydrogen) atoms. The van der Waals surface area contributed by atoms with Gasteiger partial charge in [0.05, 0.1) is 26.3 Å². The van der Waals surface area contributed by atoms with E-state index in [2.05, 4.69) is 17.4 Å². The molecule has 0 bridgehead atoms. The molecule has 0 unspecified atom stereocenters. The maximum atomic E-state index is 12.0. The van der Waals surface area contributed by atoms with Gasteiger partial charge in [0.1, 0.15) is 11.5 Å². The molecule has 4 aromatic rings. The molecular weight excluding hydrogens is 782 g/mol. The SMILES string of the molecule is O=C(CCCCc1ccccc1)Oc1ccc(/C=C2\SC(=O)CC2=O)c(Cl)c1.O=C(CCCc1ccccc1)Oc1ccc(/C=C2\SC(=O)NC2=O)c(Cl)c1. The monoisotopic (exact) mass is 815 g/mol. The number of imide groups is 1. The number of carbonyl (C=O) groups excluding carboxylic acids is 6. The third-order valence-corrected chi connectivity index (χ3v) is 10.5. The molecule has 4 aromatic carbocycles. The predicted molar refractivity (Wildman–Crippen MR) is 217 cm³/mol. The molecule has 0 saturated carbocycles. The zero-order valence-electron chi connectivity index (χ0n) is 29.4. The van der Waals surface area contributed by atoms with Gasteiger partial charge in [-0.15, -0.1) is 0 Å². The zero-order valence-corrected chi connectivity index (χ0v) is 32.5. The molecular formula is C42H35Cl2NO8S2. The number of halogens is 2. The lowest BCUT2D eigenvalue weighted by Gasteiger charge is -2.07. The van der Waals surface area contributed by atoms with Crippen LogP contribution in [-0.2, 0) is 36.8 Å². The molecule has 0 aliphatic carbocycles. The highest BCUT2D eigenvalue weighted by Gasteiger charge is 2.26. The normalized spacial score (nSPS) is 15.2. The van der Waals surface area contributed by atoms with Crippen LogP contribution in [0.25, 0.3) is 12.2 Å². The number of esters is 2. The molecule has 2 aliphatic heterocycles. The van der Waals surface area contributed by atoms with Gasteiger partial charge < -0.3 is 9.47 Å². The second-order valence-electron chi connectivity index (χ2n) is 12.3. The summed E-state index contributed by atoms with van der Waals surface area (Å²) in [6.45, 7) is 0. The summed E-state index contributed by atoms with van der Waals surface area (Å²) in [5, 5.41) is 2.28. The molecule has 2 saturated heterocycles. The van der Waals surface area contributed by atoms with Gasteiger partial charge in [0.15, 0.2) is 5.78 Å². The molecule has 0 spiro atoms. The van der Waals surface area contributed by atoms with Crippen molar-refractivity contribution in [3.63, 3.8) is 0 Å². The Morgan fingerprint density at radius 2 is 1.15 bits per heavy atom. The van der Waals surface area contributed by atoms with Gasteiger partial charge in [0, 0.05) is 25.0 Å². The molecule has 2 aliphatic rings. The predicted octanol–water partition coefficient (Wildman–Crippen LogP) is 9.82. The van der Waals surface area contributed by atoms with E-state index in [-0.39, 0.29) is 34.2 Å². The molecule has 0 atom stereocenters. The van der Waals surface area contributed by atoms with Crippen LogP contribution in [0.15, 0.2) is 107 Å². The van der Waals surface area contributed by atoms with E-state index < -0.39 is 11.1 Å². The quantitative estimate of drug-likeness (QED) is 0.0457. The highest BCUT2D eigenvalue weighted by molar-refractivity contribution is 8.18. The molecule has 2 fully saturated rings. The fourth-order valence-electron chi connectivity index (χ4n) is 5.31. The topological polar surface area (TPSA) is 133 Å². The van der Waals surface area contributed by atoms with Crippen molar-refractivity contribution >= 4 is 92.9 Å². The lowest BCUT2D eigenvalue weighted by molar-refractivity contribution is -0.135. The second-order valence-corrected chi connectivity index (χ2v) is 15.2. The standard InChI is InChI=1S/C22H19ClO4S.C20H16ClNO4S/c23-18-13-17(11-10-16(18)12-20-19(24)14-22(26)28-20)27-21(25)9-5-4-8-15-6-2-1-3-7-15;21-16-12-15(10-9-14(16)11-17-19(24)22-20(25)27-17)26-18(23)8-4-7-13-5-2-1-3-6-13/h1-3,6-7,10-13H,4-5,8-9,14H2;1-3,5-6,9-12H,4,7-8H2,(H,22,24,25)/b20-12-;17-11-. The summed E-state index contributed by atoms with van der Waals surface area (Å²) in [5.41, 5.74) is 3.61. The number of ether oxygens (including phenoxy) is 2. The van der Waals surface area contributed by atoms with Crippen molar-refractivity contribution in [2.75, 3.05) is 0 Å². The lowest BCUT2D eigenvalue weighted by Crippen LogP contribution is -2.17. The van der Waals surface area contributed by atoms with Crippen LogP contribution in [-0.4, -0.2) is 34.0 Å². The van der Waals surface area contributed by atoms with Gasteiger partial charge in [-0.1, -0.05) is 83.9 Å². The van der Waals surface area contributed by atoms with Crippen molar-refractivity contribution in [3.05, 3.63) is 139 Å². The summed E-state index contributed by atoms with van der Waals surface area (Å²) in [6, 6.07) is 29.7. The minimum Gasteiger partial charge on any atom is -0.426 e. The van der Waals surface area contributed by atoms with Crippen molar-refractivity contribution in [2.24, 2.45) is 0 Å². The van der Waals surface area contributed by atoms with Crippen LogP contribution in [0.2, 0.25) is 10.0 Å². The number of benzene rings is 4. The van der Waals surface area contributed by atoms with E-state index in [1.807, 2.05) is 48.5 Å². The van der Waals surface area contributed by atoms with Crippen LogP contribution < -0.4 is 14.8 Å². The summed E-state index contributed by atoms with van der Waals surface area (Å²) in [5.74, 6) is -0.577. The Morgan fingerprint density at radius 1 is 0.636 bits per heavy atom. The van der Waals surface area contributed by atoms with Gasteiger partial charge in [0.2, 0.25) is 5.12 Å². The minimum atomic E-state index is -0.449. The summed E-state index contributed by atoms with van der Waals surface area (Å²) >= 11 is 14.2. The lowest BCUT2D eigenvalue weighted by atomic mass is 10.1. The van der Waals surface area contributed by atoms with Gasteiger partial charge in [-0.2, -0.15) is 0 Å². The zero-order chi connectivity index (χ0) is 39.2.